The third-order valence-corrected chi connectivity index (χ3v) is 4.87. The van der Waals surface area contributed by atoms with E-state index in [1.165, 1.54) is 18.4 Å². The zero-order valence-corrected chi connectivity index (χ0v) is 15.0. The number of pyridine rings is 3. The van der Waals surface area contributed by atoms with Crippen molar-refractivity contribution in [1.82, 2.24) is 18.9 Å². The Bertz CT molecular complexity index is 1300. The number of fused-ring (bicyclic) bond motifs is 2. The predicted octanol–water partition coefficient (Wildman–Crippen LogP) is 3.16. The number of nitrogens with zero attached hydrogens (tertiary/aromatic N) is 4. The van der Waals surface area contributed by atoms with Crippen LogP contribution in [-0.2, 0) is 6.54 Å². The SMILES string of the molecule is Cc1ccc2nc(Cn3ccc4c(C#CC5CC5)cncc4c3=O)cn2c1. The van der Waals surface area contributed by atoms with E-state index in [-0.39, 0.29) is 5.56 Å². The Morgan fingerprint density at radius 1 is 1.15 bits per heavy atom. The third-order valence-electron chi connectivity index (χ3n) is 4.87. The smallest absolute Gasteiger partial charge is 0.260 e. The molecule has 1 fully saturated rings. The normalized spacial score (nSPS) is 13.7. The second-order valence-corrected chi connectivity index (χ2v) is 7.14. The second kappa shape index (κ2) is 6.10. The van der Waals surface area contributed by atoms with Crippen molar-refractivity contribution in [1.29, 1.82) is 0 Å². The molecule has 0 bridgehead atoms. The lowest BCUT2D eigenvalue weighted by Gasteiger charge is -2.06. The summed E-state index contributed by atoms with van der Waals surface area (Å²) in [5, 5.41) is 1.46. The Balaban J connectivity index is 1.54. The predicted molar refractivity (Wildman–Crippen MR) is 105 cm³/mol. The monoisotopic (exact) mass is 354 g/mol. The van der Waals surface area contributed by atoms with Gasteiger partial charge in [-0.15, -0.1) is 0 Å². The van der Waals surface area contributed by atoms with Gasteiger partial charge >= 0.3 is 0 Å². The van der Waals surface area contributed by atoms with Crippen LogP contribution in [0.4, 0.5) is 0 Å². The molecular weight excluding hydrogens is 336 g/mol. The van der Waals surface area contributed by atoms with Crippen molar-refractivity contribution in [3.05, 3.63) is 76.4 Å². The summed E-state index contributed by atoms with van der Waals surface area (Å²) >= 11 is 0. The fourth-order valence-electron chi connectivity index (χ4n) is 3.25. The van der Waals surface area contributed by atoms with Gasteiger partial charge in [0.1, 0.15) is 5.65 Å². The largest absolute Gasteiger partial charge is 0.309 e. The standard InChI is InChI=1S/C22H18N4O/c1-15-2-7-21-24-18(14-26(21)12-15)13-25-9-8-19-17(6-5-16-3-4-16)10-23-11-20(19)22(25)27/h2,7-12,14,16H,3-4,13H2,1H3. The quantitative estimate of drug-likeness (QED) is 0.520. The number of rotatable bonds is 2. The fraction of sp³-hybridized carbons (Fsp3) is 0.227. The minimum absolute atomic E-state index is 0.0664. The van der Waals surface area contributed by atoms with Crippen molar-refractivity contribution >= 4 is 16.4 Å². The van der Waals surface area contributed by atoms with Crippen LogP contribution in [0.25, 0.3) is 16.4 Å². The maximum atomic E-state index is 12.9. The fourth-order valence-corrected chi connectivity index (χ4v) is 3.25. The third kappa shape index (κ3) is 3.00. The van der Waals surface area contributed by atoms with Crippen LogP contribution >= 0.6 is 0 Å². The zero-order valence-electron chi connectivity index (χ0n) is 15.0. The van der Waals surface area contributed by atoms with Crippen LogP contribution in [0.2, 0.25) is 0 Å². The van der Waals surface area contributed by atoms with E-state index in [0.717, 1.165) is 22.3 Å². The highest BCUT2D eigenvalue weighted by atomic mass is 16.1. The van der Waals surface area contributed by atoms with Gasteiger partial charge in [-0.3, -0.25) is 9.78 Å². The van der Waals surface area contributed by atoms with E-state index in [9.17, 15) is 4.79 Å². The molecule has 0 spiro atoms. The van der Waals surface area contributed by atoms with Crippen LogP contribution < -0.4 is 5.56 Å². The molecule has 0 radical (unpaired) electrons. The molecule has 0 saturated heterocycles. The van der Waals surface area contributed by atoms with Gasteiger partial charge < -0.3 is 8.97 Å². The number of hydrogen-bond acceptors (Lipinski definition) is 3. The van der Waals surface area contributed by atoms with E-state index in [0.29, 0.717) is 17.8 Å². The molecule has 27 heavy (non-hydrogen) atoms. The van der Waals surface area contributed by atoms with E-state index in [1.54, 1.807) is 17.0 Å². The molecule has 0 N–H and O–H groups in total. The van der Waals surface area contributed by atoms with Crippen molar-refractivity contribution in [2.75, 3.05) is 0 Å². The summed E-state index contributed by atoms with van der Waals surface area (Å²) in [6.45, 7) is 2.47. The topological polar surface area (TPSA) is 52.2 Å². The molecular formula is C22H18N4O. The van der Waals surface area contributed by atoms with Gasteiger partial charge in [0.25, 0.3) is 5.56 Å². The van der Waals surface area contributed by atoms with Crippen molar-refractivity contribution in [2.24, 2.45) is 5.92 Å². The highest BCUT2D eigenvalue weighted by Crippen LogP contribution is 2.27. The maximum Gasteiger partial charge on any atom is 0.260 e. The van der Waals surface area contributed by atoms with Crippen LogP contribution in [0.5, 0.6) is 0 Å². The molecule has 0 atom stereocenters. The molecule has 4 heterocycles. The van der Waals surface area contributed by atoms with Crippen molar-refractivity contribution in [2.45, 2.75) is 26.3 Å². The molecule has 0 aromatic carbocycles. The molecule has 0 unspecified atom stereocenters. The molecule has 4 aromatic heterocycles. The summed E-state index contributed by atoms with van der Waals surface area (Å²) in [6, 6.07) is 5.97. The molecule has 1 aliphatic carbocycles. The van der Waals surface area contributed by atoms with Crippen molar-refractivity contribution < 1.29 is 0 Å². The summed E-state index contributed by atoms with van der Waals surface area (Å²) in [5.41, 5.74) is 3.65. The highest BCUT2D eigenvalue weighted by molar-refractivity contribution is 5.86. The summed E-state index contributed by atoms with van der Waals surface area (Å²) in [4.78, 5) is 21.8. The Hall–Kier alpha value is -3.39. The van der Waals surface area contributed by atoms with Gasteiger partial charge in [-0.2, -0.15) is 0 Å². The van der Waals surface area contributed by atoms with E-state index in [2.05, 4.69) is 21.8 Å². The first-order chi connectivity index (χ1) is 13.2. The van der Waals surface area contributed by atoms with E-state index in [1.807, 2.05) is 48.1 Å². The Morgan fingerprint density at radius 3 is 2.89 bits per heavy atom. The minimum atomic E-state index is -0.0664. The first kappa shape index (κ1) is 15.8. The van der Waals surface area contributed by atoms with Crippen LogP contribution in [0.1, 0.15) is 29.7 Å². The maximum absolute atomic E-state index is 12.9. The Morgan fingerprint density at radius 2 is 2.04 bits per heavy atom. The molecule has 4 aromatic rings. The number of aryl methyl sites for hydroxylation is 1. The first-order valence-electron chi connectivity index (χ1n) is 9.10. The lowest BCUT2D eigenvalue weighted by molar-refractivity contribution is 0.752. The van der Waals surface area contributed by atoms with Gasteiger partial charge in [-0.25, -0.2) is 4.98 Å². The minimum Gasteiger partial charge on any atom is -0.309 e. The summed E-state index contributed by atoms with van der Waals surface area (Å²) in [7, 11) is 0. The van der Waals surface area contributed by atoms with Gasteiger partial charge in [0, 0.05) is 42.3 Å². The van der Waals surface area contributed by atoms with Gasteiger partial charge in [0.05, 0.1) is 23.2 Å². The van der Waals surface area contributed by atoms with Gasteiger partial charge in [0.2, 0.25) is 0 Å². The second-order valence-electron chi connectivity index (χ2n) is 7.14. The molecule has 5 heteroatoms. The molecule has 5 nitrogen and oxygen atoms in total. The Labute approximate surface area is 156 Å². The molecule has 132 valence electrons. The Kier molecular flexibility index (Phi) is 3.58. The van der Waals surface area contributed by atoms with Crippen LogP contribution in [0, 0.1) is 24.7 Å². The highest BCUT2D eigenvalue weighted by Gasteiger charge is 2.18. The summed E-state index contributed by atoms with van der Waals surface area (Å²) in [6.07, 6.45) is 11.5. The summed E-state index contributed by atoms with van der Waals surface area (Å²) < 4.78 is 3.67. The zero-order chi connectivity index (χ0) is 18.4. The van der Waals surface area contributed by atoms with Crippen LogP contribution in [-0.4, -0.2) is 18.9 Å². The van der Waals surface area contributed by atoms with E-state index < -0.39 is 0 Å². The molecule has 1 aliphatic rings. The number of imidazole rings is 1. The average Bonchev–Trinajstić information content (AvgIpc) is 3.41. The van der Waals surface area contributed by atoms with Crippen LogP contribution in [0.15, 0.2) is 54.0 Å². The van der Waals surface area contributed by atoms with E-state index >= 15 is 0 Å². The lowest BCUT2D eigenvalue weighted by Crippen LogP contribution is -2.20. The van der Waals surface area contributed by atoms with Crippen LogP contribution in [0.3, 0.4) is 0 Å². The molecule has 0 aliphatic heterocycles. The number of aromatic nitrogens is 4. The molecule has 1 saturated carbocycles. The van der Waals surface area contributed by atoms with Gasteiger partial charge in [0.15, 0.2) is 0 Å². The van der Waals surface area contributed by atoms with Gasteiger partial charge in [-0.05, 0) is 37.5 Å². The molecule has 5 rings (SSSR count). The van der Waals surface area contributed by atoms with Gasteiger partial charge in [-0.1, -0.05) is 17.9 Å². The van der Waals surface area contributed by atoms with E-state index in [4.69, 9.17) is 0 Å². The molecule has 0 amide bonds. The van der Waals surface area contributed by atoms with Crippen molar-refractivity contribution in [3.8, 4) is 11.8 Å². The number of hydrogen-bond donors (Lipinski definition) is 0. The lowest BCUT2D eigenvalue weighted by atomic mass is 10.1. The first-order valence-corrected chi connectivity index (χ1v) is 9.10. The summed E-state index contributed by atoms with van der Waals surface area (Å²) in [5.74, 6) is 6.95. The van der Waals surface area contributed by atoms with Crippen molar-refractivity contribution in [3.63, 3.8) is 0 Å². The average molecular weight is 354 g/mol.